The van der Waals surface area contributed by atoms with Gasteiger partial charge in [0.25, 0.3) is 0 Å². The van der Waals surface area contributed by atoms with Gasteiger partial charge in [-0.2, -0.15) is 0 Å². The molecule has 1 nitrogen and oxygen atoms in total. The average molecular weight is 336 g/mol. The predicted molar refractivity (Wildman–Crippen MR) is 94.4 cm³/mol. The third-order valence-corrected chi connectivity index (χ3v) is 5.38. The first-order valence-electron chi connectivity index (χ1n) is 9.58. The minimum absolute atomic E-state index is 0.215. The second-order valence-electron chi connectivity index (χ2n) is 7.25. The summed E-state index contributed by atoms with van der Waals surface area (Å²) in [6.07, 6.45) is 9.78. The first-order valence-corrected chi connectivity index (χ1v) is 9.58. The molecule has 0 N–H and O–H groups in total. The minimum Gasteiger partial charge on any atom is -0.294 e. The SMILES string of the molecule is CCCCC(=O)c1c(F)cc(C2CCC(CCCC)CC2)cc1F. The molecule has 0 spiro atoms. The van der Waals surface area contributed by atoms with Crippen molar-refractivity contribution in [1.29, 1.82) is 0 Å². The molecule has 0 unspecified atom stereocenters. The smallest absolute Gasteiger partial charge is 0.168 e. The van der Waals surface area contributed by atoms with E-state index in [9.17, 15) is 13.6 Å². The maximum Gasteiger partial charge on any atom is 0.168 e. The normalized spacial score (nSPS) is 21.0. The molecule has 1 aromatic carbocycles. The van der Waals surface area contributed by atoms with Gasteiger partial charge >= 0.3 is 0 Å². The van der Waals surface area contributed by atoms with E-state index in [0.29, 0.717) is 6.42 Å². The second-order valence-corrected chi connectivity index (χ2v) is 7.25. The number of benzene rings is 1. The number of hydrogen-bond donors (Lipinski definition) is 0. The van der Waals surface area contributed by atoms with Crippen LogP contribution in [-0.4, -0.2) is 5.78 Å². The van der Waals surface area contributed by atoms with Gasteiger partial charge < -0.3 is 0 Å². The summed E-state index contributed by atoms with van der Waals surface area (Å²) in [5.41, 5.74) is 0.384. The Bertz CT molecular complexity index is 522. The molecule has 24 heavy (non-hydrogen) atoms. The van der Waals surface area contributed by atoms with Crippen molar-refractivity contribution in [2.24, 2.45) is 5.92 Å². The van der Waals surface area contributed by atoms with E-state index in [0.717, 1.165) is 43.6 Å². The van der Waals surface area contributed by atoms with Gasteiger partial charge in [-0.05, 0) is 61.6 Å². The molecule has 0 heterocycles. The number of Topliss-reactive ketones (excluding diaryl/α,β-unsaturated/α-hetero) is 1. The standard InChI is InChI=1S/C21H30F2O/c1-3-5-7-15-9-11-16(12-10-15)17-13-18(22)21(19(23)14-17)20(24)8-6-4-2/h13-16H,3-12H2,1-2H3. The summed E-state index contributed by atoms with van der Waals surface area (Å²) in [7, 11) is 0. The van der Waals surface area contributed by atoms with Gasteiger partial charge in [0.05, 0.1) is 5.56 Å². The van der Waals surface area contributed by atoms with Crippen LogP contribution in [0, 0.1) is 17.6 Å². The van der Waals surface area contributed by atoms with Crippen LogP contribution in [0.4, 0.5) is 8.78 Å². The van der Waals surface area contributed by atoms with Crippen molar-refractivity contribution >= 4 is 5.78 Å². The number of carbonyl (C=O) groups excluding carboxylic acids is 1. The van der Waals surface area contributed by atoms with Crippen molar-refractivity contribution in [2.75, 3.05) is 0 Å². The lowest BCUT2D eigenvalue weighted by molar-refractivity contribution is 0.0971. The molecular weight excluding hydrogens is 306 g/mol. The van der Waals surface area contributed by atoms with Crippen LogP contribution < -0.4 is 0 Å². The number of hydrogen-bond acceptors (Lipinski definition) is 1. The summed E-state index contributed by atoms with van der Waals surface area (Å²) >= 11 is 0. The number of ketones is 1. The van der Waals surface area contributed by atoms with E-state index in [1.54, 1.807) is 0 Å². The highest BCUT2D eigenvalue weighted by atomic mass is 19.1. The quantitative estimate of drug-likeness (QED) is 0.477. The molecule has 0 bridgehead atoms. The lowest BCUT2D eigenvalue weighted by Crippen LogP contribution is -2.15. The maximum atomic E-state index is 14.3. The Balaban J connectivity index is 2.04. The average Bonchev–Trinajstić information content (AvgIpc) is 2.58. The molecule has 1 aliphatic rings. The number of halogens is 2. The first kappa shape index (κ1) is 19.1. The fourth-order valence-electron chi connectivity index (χ4n) is 3.83. The van der Waals surface area contributed by atoms with Crippen LogP contribution in [0.3, 0.4) is 0 Å². The van der Waals surface area contributed by atoms with Gasteiger partial charge in [-0.25, -0.2) is 8.78 Å². The van der Waals surface area contributed by atoms with Gasteiger partial charge in [-0.15, -0.1) is 0 Å². The Kier molecular flexibility index (Phi) is 7.39. The van der Waals surface area contributed by atoms with Crippen molar-refractivity contribution in [2.45, 2.75) is 84.0 Å². The summed E-state index contributed by atoms with van der Waals surface area (Å²) in [5, 5.41) is 0. The number of carbonyl (C=O) groups is 1. The van der Waals surface area contributed by atoms with E-state index in [1.165, 1.54) is 31.4 Å². The second kappa shape index (κ2) is 9.29. The summed E-state index contributed by atoms with van der Waals surface area (Å²) in [6.45, 7) is 4.17. The Morgan fingerprint density at radius 3 is 2.12 bits per heavy atom. The van der Waals surface area contributed by atoms with Crippen molar-refractivity contribution in [3.63, 3.8) is 0 Å². The molecule has 1 fully saturated rings. The predicted octanol–water partition coefficient (Wildman–Crippen LogP) is 6.80. The van der Waals surface area contributed by atoms with Gasteiger partial charge in [0.15, 0.2) is 5.78 Å². The Morgan fingerprint density at radius 2 is 1.58 bits per heavy atom. The molecule has 0 radical (unpaired) electrons. The number of rotatable bonds is 8. The van der Waals surface area contributed by atoms with E-state index in [1.807, 2.05) is 6.92 Å². The van der Waals surface area contributed by atoms with Gasteiger partial charge in [0, 0.05) is 6.42 Å². The van der Waals surface area contributed by atoms with Gasteiger partial charge in [-0.1, -0.05) is 39.5 Å². The van der Waals surface area contributed by atoms with Gasteiger partial charge in [0.2, 0.25) is 0 Å². The molecule has 134 valence electrons. The summed E-state index contributed by atoms with van der Waals surface area (Å²) in [6, 6.07) is 2.80. The highest BCUT2D eigenvalue weighted by Gasteiger charge is 2.25. The van der Waals surface area contributed by atoms with Crippen molar-refractivity contribution in [3.8, 4) is 0 Å². The van der Waals surface area contributed by atoms with E-state index in [4.69, 9.17) is 0 Å². The highest BCUT2D eigenvalue weighted by Crippen LogP contribution is 2.38. The molecule has 0 amide bonds. The van der Waals surface area contributed by atoms with Crippen LogP contribution in [0.5, 0.6) is 0 Å². The van der Waals surface area contributed by atoms with Gasteiger partial charge in [0.1, 0.15) is 11.6 Å². The van der Waals surface area contributed by atoms with E-state index in [-0.39, 0.29) is 17.9 Å². The van der Waals surface area contributed by atoms with Gasteiger partial charge in [-0.3, -0.25) is 4.79 Å². The van der Waals surface area contributed by atoms with Crippen LogP contribution in [0.2, 0.25) is 0 Å². The van der Waals surface area contributed by atoms with E-state index >= 15 is 0 Å². The number of unbranched alkanes of at least 4 members (excludes halogenated alkanes) is 2. The van der Waals surface area contributed by atoms with E-state index < -0.39 is 17.4 Å². The zero-order chi connectivity index (χ0) is 17.5. The van der Waals surface area contributed by atoms with Crippen LogP contribution >= 0.6 is 0 Å². The molecule has 0 aromatic heterocycles. The summed E-state index contributed by atoms with van der Waals surface area (Å²) < 4.78 is 28.7. The lowest BCUT2D eigenvalue weighted by Gasteiger charge is -2.29. The maximum absolute atomic E-state index is 14.3. The third kappa shape index (κ3) is 4.87. The van der Waals surface area contributed by atoms with Crippen molar-refractivity contribution in [3.05, 3.63) is 34.9 Å². The molecule has 0 saturated heterocycles. The zero-order valence-corrected chi connectivity index (χ0v) is 15.0. The Morgan fingerprint density at radius 1 is 1.00 bits per heavy atom. The van der Waals surface area contributed by atoms with Crippen LogP contribution in [0.15, 0.2) is 12.1 Å². The minimum atomic E-state index is -0.681. The summed E-state index contributed by atoms with van der Waals surface area (Å²) in [4.78, 5) is 12.0. The third-order valence-electron chi connectivity index (χ3n) is 5.38. The van der Waals surface area contributed by atoms with E-state index in [2.05, 4.69) is 6.92 Å². The largest absolute Gasteiger partial charge is 0.294 e. The fourth-order valence-corrected chi connectivity index (χ4v) is 3.83. The van der Waals surface area contributed by atoms with Crippen LogP contribution in [0.25, 0.3) is 0 Å². The van der Waals surface area contributed by atoms with Crippen molar-refractivity contribution < 1.29 is 13.6 Å². The Labute approximate surface area is 144 Å². The van der Waals surface area contributed by atoms with Crippen LogP contribution in [0.1, 0.15) is 99.9 Å². The van der Waals surface area contributed by atoms with Crippen LogP contribution in [-0.2, 0) is 0 Å². The fraction of sp³-hybridized carbons (Fsp3) is 0.667. The first-order chi connectivity index (χ1) is 11.6. The monoisotopic (exact) mass is 336 g/mol. The molecule has 1 saturated carbocycles. The zero-order valence-electron chi connectivity index (χ0n) is 15.0. The Hall–Kier alpha value is -1.25. The molecule has 2 rings (SSSR count). The molecule has 3 heteroatoms. The molecule has 0 atom stereocenters. The lowest BCUT2D eigenvalue weighted by atomic mass is 9.77. The highest BCUT2D eigenvalue weighted by molar-refractivity contribution is 5.96. The molecule has 0 aliphatic heterocycles. The summed E-state index contributed by atoms with van der Waals surface area (Å²) in [5.74, 6) is -0.780. The molecule has 1 aromatic rings. The van der Waals surface area contributed by atoms with Crippen molar-refractivity contribution in [1.82, 2.24) is 0 Å². The topological polar surface area (TPSA) is 17.1 Å². The molecular formula is C21H30F2O. The molecule has 1 aliphatic carbocycles.